The van der Waals surface area contributed by atoms with Crippen LogP contribution in [0.3, 0.4) is 0 Å². The summed E-state index contributed by atoms with van der Waals surface area (Å²) < 4.78 is 31.1. The van der Waals surface area contributed by atoms with Crippen LogP contribution < -0.4 is 4.80 Å². The number of sulfonamides is 1. The molecule has 0 saturated heterocycles. The van der Waals surface area contributed by atoms with E-state index in [0.29, 0.717) is 30.0 Å². The summed E-state index contributed by atoms with van der Waals surface area (Å²) in [5, 5.41) is 2.24. The number of aromatic nitrogens is 1. The van der Waals surface area contributed by atoms with E-state index in [1.54, 1.807) is 22.5 Å². The summed E-state index contributed by atoms with van der Waals surface area (Å²) in [4.78, 5) is 18.3. The molecule has 0 fully saturated rings. The van der Waals surface area contributed by atoms with Gasteiger partial charge in [0.05, 0.1) is 15.1 Å². The van der Waals surface area contributed by atoms with Crippen LogP contribution in [0.5, 0.6) is 0 Å². The van der Waals surface area contributed by atoms with E-state index in [4.69, 9.17) is 0 Å². The van der Waals surface area contributed by atoms with Crippen molar-refractivity contribution in [2.45, 2.75) is 51.0 Å². The zero-order chi connectivity index (χ0) is 26.4. The van der Waals surface area contributed by atoms with Gasteiger partial charge in [-0.2, -0.15) is 9.30 Å². The Balaban J connectivity index is 1.68. The second-order valence-corrected chi connectivity index (χ2v) is 11.9. The molecule has 0 radical (unpaired) electrons. The number of hydrogen-bond donors (Lipinski definition) is 0. The van der Waals surface area contributed by atoms with Gasteiger partial charge in [0.2, 0.25) is 10.0 Å². The van der Waals surface area contributed by atoms with Crippen molar-refractivity contribution in [2.24, 2.45) is 4.99 Å². The lowest BCUT2D eigenvalue weighted by Crippen LogP contribution is -2.33. The highest BCUT2D eigenvalue weighted by molar-refractivity contribution is 7.89. The average molecular weight is 536 g/mol. The van der Waals surface area contributed by atoms with Crippen molar-refractivity contribution in [3.63, 3.8) is 0 Å². The van der Waals surface area contributed by atoms with Crippen LogP contribution in [0.15, 0.2) is 83.2 Å². The fraction of sp³-hybridized carbons (Fsp3) is 0.310. The van der Waals surface area contributed by atoms with E-state index in [0.717, 1.165) is 46.7 Å². The number of carbonyl (C=O) groups is 1. The first-order chi connectivity index (χ1) is 17.9. The molecule has 194 valence electrons. The Kier molecular flexibility index (Phi) is 8.74. The van der Waals surface area contributed by atoms with Crippen LogP contribution in [-0.2, 0) is 16.6 Å². The molecule has 6 nitrogen and oxygen atoms in total. The Morgan fingerprint density at radius 2 is 1.68 bits per heavy atom. The topological polar surface area (TPSA) is 71.7 Å². The summed E-state index contributed by atoms with van der Waals surface area (Å²) >= 11 is 1.47. The van der Waals surface area contributed by atoms with Gasteiger partial charge in [-0.15, -0.1) is 6.58 Å². The first-order valence-electron chi connectivity index (χ1n) is 12.7. The highest BCUT2D eigenvalue weighted by Gasteiger charge is 2.23. The molecular formula is C29H33N3O3S2. The lowest BCUT2D eigenvalue weighted by molar-refractivity contribution is 0.0997. The minimum Gasteiger partial charge on any atom is -0.312 e. The summed E-state index contributed by atoms with van der Waals surface area (Å²) in [6, 6.07) is 18.4. The van der Waals surface area contributed by atoms with E-state index in [9.17, 15) is 13.2 Å². The van der Waals surface area contributed by atoms with Crippen molar-refractivity contribution < 1.29 is 13.2 Å². The van der Waals surface area contributed by atoms with Crippen LogP contribution in [-0.4, -0.2) is 36.3 Å². The molecule has 3 aromatic carbocycles. The highest BCUT2D eigenvalue weighted by Crippen LogP contribution is 2.28. The van der Waals surface area contributed by atoms with Gasteiger partial charge in [0.25, 0.3) is 5.91 Å². The Morgan fingerprint density at radius 3 is 2.32 bits per heavy atom. The molecule has 1 heterocycles. The van der Waals surface area contributed by atoms with Crippen LogP contribution in [0.1, 0.15) is 49.9 Å². The summed E-state index contributed by atoms with van der Waals surface area (Å²) in [5.41, 5.74) is 1.34. The minimum absolute atomic E-state index is 0.200. The molecule has 4 rings (SSSR count). The van der Waals surface area contributed by atoms with Gasteiger partial charge in [0, 0.05) is 30.6 Å². The molecule has 0 saturated carbocycles. The largest absolute Gasteiger partial charge is 0.312 e. The van der Waals surface area contributed by atoms with Gasteiger partial charge in [-0.1, -0.05) is 74.4 Å². The molecule has 0 atom stereocenters. The van der Waals surface area contributed by atoms with E-state index in [-0.39, 0.29) is 4.90 Å². The third-order valence-corrected chi connectivity index (χ3v) is 9.38. The van der Waals surface area contributed by atoms with Crippen molar-refractivity contribution in [1.82, 2.24) is 8.87 Å². The molecule has 0 bridgehead atoms. The van der Waals surface area contributed by atoms with Gasteiger partial charge < -0.3 is 4.57 Å². The van der Waals surface area contributed by atoms with Crippen molar-refractivity contribution in [3.05, 3.63) is 83.7 Å². The molecule has 37 heavy (non-hydrogen) atoms. The normalized spacial score (nSPS) is 12.6. The van der Waals surface area contributed by atoms with E-state index in [2.05, 4.69) is 29.8 Å². The van der Waals surface area contributed by atoms with Crippen LogP contribution in [0.25, 0.3) is 21.0 Å². The van der Waals surface area contributed by atoms with Crippen LogP contribution in [0.2, 0.25) is 0 Å². The first kappa shape index (κ1) is 27.0. The highest BCUT2D eigenvalue weighted by atomic mass is 32.2. The number of rotatable bonds is 11. The Hall–Kier alpha value is -3.07. The monoisotopic (exact) mass is 535 g/mol. The predicted molar refractivity (Wildman–Crippen MR) is 152 cm³/mol. The predicted octanol–water partition coefficient (Wildman–Crippen LogP) is 6.37. The molecule has 0 aliphatic heterocycles. The number of fused-ring (bicyclic) bond motifs is 3. The summed E-state index contributed by atoms with van der Waals surface area (Å²) in [7, 11) is -3.62. The van der Waals surface area contributed by atoms with Gasteiger partial charge in [0.15, 0.2) is 4.80 Å². The molecule has 1 amide bonds. The molecule has 1 aromatic heterocycles. The number of thiazole rings is 1. The maximum atomic E-state index is 13.2. The fourth-order valence-corrected chi connectivity index (χ4v) is 6.97. The van der Waals surface area contributed by atoms with Crippen molar-refractivity contribution in [2.75, 3.05) is 13.1 Å². The fourth-order valence-electron chi connectivity index (χ4n) is 4.28. The first-order valence-corrected chi connectivity index (χ1v) is 15.0. The summed E-state index contributed by atoms with van der Waals surface area (Å²) in [6.45, 7) is 9.48. The molecule has 4 aromatic rings. The SMILES string of the molecule is C=CCn1c(=NC(=O)c2ccc(S(=O)(=O)N(CCCC)CCCC)cc2)sc2c3ccccc3ccc21. The number of benzene rings is 3. The second-order valence-electron chi connectivity index (χ2n) is 8.97. The van der Waals surface area contributed by atoms with Crippen molar-refractivity contribution in [1.29, 1.82) is 0 Å². The number of hydrogen-bond acceptors (Lipinski definition) is 4. The zero-order valence-electron chi connectivity index (χ0n) is 21.4. The van der Waals surface area contributed by atoms with Crippen LogP contribution in [0.4, 0.5) is 0 Å². The van der Waals surface area contributed by atoms with E-state index < -0.39 is 15.9 Å². The number of allylic oxidation sites excluding steroid dienone is 1. The third-order valence-electron chi connectivity index (χ3n) is 6.34. The molecule has 0 aliphatic rings. The number of amides is 1. The summed E-state index contributed by atoms with van der Waals surface area (Å²) in [6.07, 6.45) is 5.26. The molecular weight excluding hydrogens is 502 g/mol. The molecule has 0 spiro atoms. The van der Waals surface area contributed by atoms with Gasteiger partial charge in [0.1, 0.15) is 0 Å². The van der Waals surface area contributed by atoms with E-state index in [1.165, 1.54) is 23.5 Å². The number of unbranched alkanes of at least 4 members (excludes halogenated alkanes) is 2. The molecule has 0 N–H and O–H groups in total. The van der Waals surface area contributed by atoms with Crippen LogP contribution in [0, 0.1) is 0 Å². The Bertz CT molecular complexity index is 1570. The smallest absolute Gasteiger partial charge is 0.279 e. The Labute approximate surface area is 222 Å². The van der Waals surface area contributed by atoms with Gasteiger partial charge in [-0.3, -0.25) is 4.79 Å². The quantitative estimate of drug-likeness (QED) is 0.209. The molecule has 0 unspecified atom stereocenters. The third kappa shape index (κ3) is 5.76. The summed E-state index contributed by atoms with van der Waals surface area (Å²) in [5.74, 6) is -0.411. The van der Waals surface area contributed by atoms with Crippen molar-refractivity contribution in [3.8, 4) is 0 Å². The van der Waals surface area contributed by atoms with Crippen LogP contribution >= 0.6 is 11.3 Å². The molecule has 8 heteroatoms. The van der Waals surface area contributed by atoms with E-state index >= 15 is 0 Å². The lowest BCUT2D eigenvalue weighted by Gasteiger charge is -2.22. The van der Waals surface area contributed by atoms with Gasteiger partial charge >= 0.3 is 0 Å². The average Bonchev–Trinajstić information content (AvgIpc) is 3.26. The lowest BCUT2D eigenvalue weighted by atomic mass is 10.1. The standard InChI is InChI=1S/C29H33N3O3S2/c1-4-7-20-31(21-8-5-2)37(34,35)24-16-13-23(14-17-24)28(33)30-29-32(19-6-3)26-18-15-22-11-9-10-12-25(22)27(26)36-29/h6,9-18H,3-5,7-8,19-21H2,1-2H3. The minimum atomic E-state index is -3.62. The molecule has 0 aliphatic carbocycles. The van der Waals surface area contributed by atoms with E-state index in [1.807, 2.05) is 36.6 Å². The number of nitrogens with zero attached hydrogens (tertiary/aromatic N) is 3. The Morgan fingerprint density at radius 1 is 1.00 bits per heavy atom. The maximum Gasteiger partial charge on any atom is 0.279 e. The second kappa shape index (κ2) is 12.0. The zero-order valence-corrected chi connectivity index (χ0v) is 23.0. The number of carbonyl (C=O) groups excluding carboxylic acids is 1. The maximum absolute atomic E-state index is 13.2. The van der Waals surface area contributed by atoms with Gasteiger partial charge in [-0.25, -0.2) is 8.42 Å². The van der Waals surface area contributed by atoms with Crippen molar-refractivity contribution >= 4 is 48.3 Å². The van der Waals surface area contributed by atoms with Gasteiger partial charge in [-0.05, 0) is 48.6 Å².